The van der Waals surface area contributed by atoms with Crippen molar-refractivity contribution in [2.24, 2.45) is 0 Å². The molecule has 0 aliphatic carbocycles. The molecule has 0 aliphatic rings. The maximum Gasteiger partial charge on any atom is 0.310 e. The minimum atomic E-state index is -0.321. The number of ether oxygens (including phenoxy) is 1. The summed E-state index contributed by atoms with van der Waals surface area (Å²) in [5.74, 6) is -0.736. The number of aromatic hydroxyl groups is 2. The fraction of sp³-hybridized carbons (Fsp3) is 0.417. The average molecular weight is 224 g/mol. The zero-order chi connectivity index (χ0) is 12.0. The van der Waals surface area contributed by atoms with Crippen LogP contribution in [0.3, 0.4) is 0 Å². The third-order valence-corrected chi connectivity index (χ3v) is 2.15. The van der Waals surface area contributed by atoms with E-state index < -0.39 is 0 Å². The van der Waals surface area contributed by atoms with E-state index in [9.17, 15) is 9.90 Å². The minimum Gasteiger partial charge on any atom is -0.504 e. The van der Waals surface area contributed by atoms with E-state index >= 15 is 0 Å². The van der Waals surface area contributed by atoms with E-state index in [1.807, 2.05) is 6.92 Å². The van der Waals surface area contributed by atoms with Gasteiger partial charge in [0.2, 0.25) is 0 Å². The third-order valence-electron chi connectivity index (χ3n) is 2.15. The number of phenolic OH excluding ortho intramolecular Hbond substituents is 2. The van der Waals surface area contributed by atoms with Gasteiger partial charge in [-0.3, -0.25) is 4.79 Å². The topological polar surface area (TPSA) is 66.8 Å². The molecule has 0 aromatic heterocycles. The molecule has 4 heteroatoms. The lowest BCUT2D eigenvalue weighted by molar-refractivity contribution is -0.142. The molecule has 1 aromatic carbocycles. The van der Waals surface area contributed by atoms with Crippen molar-refractivity contribution in [3.05, 3.63) is 23.8 Å². The molecule has 0 heterocycles. The molecule has 0 amide bonds. The summed E-state index contributed by atoms with van der Waals surface area (Å²) in [6, 6.07) is 4.29. The number of unbranched alkanes of at least 4 members (excludes halogenated alkanes) is 1. The van der Waals surface area contributed by atoms with Crippen molar-refractivity contribution >= 4 is 5.97 Å². The quantitative estimate of drug-likeness (QED) is 0.456. The summed E-state index contributed by atoms with van der Waals surface area (Å²) in [4.78, 5) is 11.3. The fourth-order valence-corrected chi connectivity index (χ4v) is 1.23. The summed E-state index contributed by atoms with van der Waals surface area (Å²) >= 11 is 0. The van der Waals surface area contributed by atoms with Gasteiger partial charge in [-0.2, -0.15) is 0 Å². The normalized spacial score (nSPS) is 10.1. The maximum absolute atomic E-state index is 11.3. The van der Waals surface area contributed by atoms with Gasteiger partial charge in [0.1, 0.15) is 0 Å². The Labute approximate surface area is 94.5 Å². The number of rotatable bonds is 5. The summed E-state index contributed by atoms with van der Waals surface area (Å²) in [6.45, 7) is 2.45. The number of hydrogen-bond donors (Lipinski definition) is 2. The standard InChI is InChI=1S/C12H16O4/c1-2-3-6-16-12(15)8-9-4-5-10(13)11(14)7-9/h4-5,7,13-14H,2-3,6,8H2,1H3. The van der Waals surface area contributed by atoms with Crippen LogP contribution in [-0.4, -0.2) is 22.8 Å². The zero-order valence-corrected chi connectivity index (χ0v) is 9.27. The van der Waals surface area contributed by atoms with E-state index in [4.69, 9.17) is 9.84 Å². The summed E-state index contributed by atoms with van der Waals surface area (Å²) in [5.41, 5.74) is 0.622. The van der Waals surface area contributed by atoms with Crippen LogP contribution in [0.4, 0.5) is 0 Å². The van der Waals surface area contributed by atoms with Gasteiger partial charge in [0, 0.05) is 0 Å². The molecule has 1 rings (SSSR count). The Morgan fingerprint density at radius 1 is 1.31 bits per heavy atom. The first kappa shape index (κ1) is 12.4. The zero-order valence-electron chi connectivity index (χ0n) is 9.27. The Morgan fingerprint density at radius 2 is 2.06 bits per heavy atom. The Balaban J connectivity index is 2.46. The van der Waals surface area contributed by atoms with Crippen LogP contribution in [0.1, 0.15) is 25.3 Å². The summed E-state index contributed by atoms with van der Waals surface area (Å²) in [7, 11) is 0. The molecular formula is C12H16O4. The van der Waals surface area contributed by atoms with Gasteiger partial charge in [-0.25, -0.2) is 0 Å². The van der Waals surface area contributed by atoms with E-state index in [1.54, 1.807) is 6.07 Å². The number of hydrogen-bond acceptors (Lipinski definition) is 4. The highest BCUT2D eigenvalue weighted by atomic mass is 16.5. The molecule has 0 atom stereocenters. The van der Waals surface area contributed by atoms with Crippen molar-refractivity contribution in [2.45, 2.75) is 26.2 Å². The average Bonchev–Trinajstić information content (AvgIpc) is 2.24. The van der Waals surface area contributed by atoms with Gasteiger partial charge in [0.25, 0.3) is 0 Å². The lowest BCUT2D eigenvalue weighted by Crippen LogP contribution is -2.08. The van der Waals surface area contributed by atoms with E-state index in [2.05, 4.69) is 0 Å². The molecule has 0 spiro atoms. The molecule has 0 saturated heterocycles. The van der Waals surface area contributed by atoms with Gasteiger partial charge in [-0.1, -0.05) is 19.4 Å². The molecular weight excluding hydrogens is 208 g/mol. The number of esters is 1. The smallest absolute Gasteiger partial charge is 0.310 e. The first-order valence-electron chi connectivity index (χ1n) is 5.30. The highest BCUT2D eigenvalue weighted by molar-refractivity contribution is 5.72. The van der Waals surface area contributed by atoms with Crippen LogP contribution in [0.2, 0.25) is 0 Å². The molecule has 0 bridgehead atoms. The SMILES string of the molecule is CCCCOC(=O)Cc1ccc(O)c(O)c1. The van der Waals surface area contributed by atoms with E-state index in [-0.39, 0.29) is 23.9 Å². The van der Waals surface area contributed by atoms with Crippen LogP contribution in [0.25, 0.3) is 0 Å². The molecule has 0 unspecified atom stereocenters. The molecule has 0 fully saturated rings. The highest BCUT2D eigenvalue weighted by Gasteiger charge is 2.07. The molecule has 4 nitrogen and oxygen atoms in total. The largest absolute Gasteiger partial charge is 0.504 e. The molecule has 0 saturated carbocycles. The Morgan fingerprint density at radius 3 is 2.69 bits per heavy atom. The predicted octanol–water partition coefficient (Wildman–Crippen LogP) is 1.98. The molecule has 88 valence electrons. The van der Waals surface area contributed by atoms with Crippen LogP contribution >= 0.6 is 0 Å². The summed E-state index contributed by atoms with van der Waals surface area (Å²) in [5, 5.41) is 18.3. The van der Waals surface area contributed by atoms with Crippen LogP contribution in [0.5, 0.6) is 11.5 Å². The molecule has 2 N–H and O–H groups in total. The summed E-state index contributed by atoms with van der Waals surface area (Å²) < 4.78 is 4.97. The van der Waals surface area contributed by atoms with Crippen molar-refractivity contribution < 1.29 is 19.7 Å². The Bertz CT molecular complexity index is 360. The number of carbonyl (C=O) groups excluding carboxylic acids is 1. The maximum atomic E-state index is 11.3. The van der Waals surface area contributed by atoms with Gasteiger partial charge < -0.3 is 14.9 Å². The van der Waals surface area contributed by atoms with Crippen molar-refractivity contribution in [3.8, 4) is 11.5 Å². The fourth-order valence-electron chi connectivity index (χ4n) is 1.23. The van der Waals surface area contributed by atoms with E-state index in [1.165, 1.54) is 12.1 Å². The van der Waals surface area contributed by atoms with Gasteiger partial charge in [0.15, 0.2) is 11.5 Å². The molecule has 1 aromatic rings. The first-order chi connectivity index (χ1) is 7.63. The van der Waals surface area contributed by atoms with E-state index in [0.29, 0.717) is 12.2 Å². The predicted molar refractivity (Wildman–Crippen MR) is 59.3 cm³/mol. The second kappa shape index (κ2) is 6.00. The van der Waals surface area contributed by atoms with Crippen LogP contribution < -0.4 is 0 Å². The summed E-state index contributed by atoms with van der Waals surface area (Å²) in [6.07, 6.45) is 1.94. The monoisotopic (exact) mass is 224 g/mol. The van der Waals surface area contributed by atoms with E-state index in [0.717, 1.165) is 12.8 Å². The number of carbonyl (C=O) groups is 1. The van der Waals surface area contributed by atoms with Crippen molar-refractivity contribution in [3.63, 3.8) is 0 Å². The highest BCUT2D eigenvalue weighted by Crippen LogP contribution is 2.25. The van der Waals surface area contributed by atoms with Crippen LogP contribution in [-0.2, 0) is 16.0 Å². The number of phenols is 2. The van der Waals surface area contributed by atoms with Crippen LogP contribution in [0, 0.1) is 0 Å². The van der Waals surface area contributed by atoms with Crippen molar-refractivity contribution in [1.29, 1.82) is 0 Å². The van der Waals surface area contributed by atoms with Crippen LogP contribution in [0.15, 0.2) is 18.2 Å². The lowest BCUT2D eigenvalue weighted by atomic mass is 10.1. The number of benzene rings is 1. The molecule has 16 heavy (non-hydrogen) atoms. The second-order valence-corrected chi connectivity index (χ2v) is 3.57. The lowest BCUT2D eigenvalue weighted by Gasteiger charge is -2.05. The second-order valence-electron chi connectivity index (χ2n) is 3.57. The van der Waals surface area contributed by atoms with Gasteiger partial charge in [-0.05, 0) is 24.1 Å². The Kier molecular flexibility index (Phi) is 4.64. The first-order valence-corrected chi connectivity index (χ1v) is 5.30. The van der Waals surface area contributed by atoms with Gasteiger partial charge in [0.05, 0.1) is 13.0 Å². The Hall–Kier alpha value is -1.71. The molecule has 0 aliphatic heterocycles. The minimum absolute atomic E-state index is 0.109. The third kappa shape index (κ3) is 3.81. The van der Waals surface area contributed by atoms with Crippen molar-refractivity contribution in [2.75, 3.05) is 6.61 Å². The molecule has 0 radical (unpaired) electrons. The van der Waals surface area contributed by atoms with Crippen molar-refractivity contribution in [1.82, 2.24) is 0 Å². The van der Waals surface area contributed by atoms with Gasteiger partial charge in [-0.15, -0.1) is 0 Å². The van der Waals surface area contributed by atoms with Gasteiger partial charge >= 0.3 is 5.97 Å².